The van der Waals surface area contributed by atoms with Crippen LogP contribution in [0.25, 0.3) is 10.9 Å². The summed E-state index contributed by atoms with van der Waals surface area (Å²) in [6.07, 6.45) is 7.83. The van der Waals surface area contributed by atoms with Gasteiger partial charge in [0.05, 0.1) is 11.7 Å². The predicted molar refractivity (Wildman–Crippen MR) is 252 cm³/mol. The molecule has 18 heteroatoms. The zero-order valence-electron chi connectivity index (χ0n) is 37.9. The number of ether oxygens (including phenoxy) is 1. The van der Waals surface area contributed by atoms with Crippen molar-refractivity contribution in [3.05, 3.63) is 75.2 Å². The number of imide groups is 1. The van der Waals surface area contributed by atoms with Crippen LogP contribution in [0.2, 0.25) is 5.02 Å². The number of aromatic nitrogens is 3. The minimum atomic E-state index is -0.599. The van der Waals surface area contributed by atoms with Gasteiger partial charge >= 0.3 is 0 Å². The Morgan fingerprint density at radius 2 is 1.64 bits per heavy atom. The molecule has 1 atom stereocenters. The topological polar surface area (TPSA) is 178 Å². The maximum atomic E-state index is 13.3. The van der Waals surface area contributed by atoms with Crippen molar-refractivity contribution in [2.24, 2.45) is 5.41 Å². The third kappa shape index (κ3) is 8.45. The largest absolute Gasteiger partial charge is 0.478 e. The van der Waals surface area contributed by atoms with Crippen LogP contribution >= 0.6 is 11.6 Å². The van der Waals surface area contributed by atoms with Gasteiger partial charge in [0.25, 0.3) is 17.4 Å². The zero-order chi connectivity index (χ0) is 45.9. The van der Waals surface area contributed by atoms with E-state index in [0.29, 0.717) is 52.8 Å². The van der Waals surface area contributed by atoms with Gasteiger partial charge in [0.2, 0.25) is 17.8 Å². The van der Waals surface area contributed by atoms with E-state index in [1.807, 2.05) is 44.2 Å². The lowest BCUT2D eigenvalue weighted by atomic mass is 9.77. The van der Waals surface area contributed by atoms with E-state index < -0.39 is 6.04 Å². The van der Waals surface area contributed by atoms with Gasteiger partial charge in [0, 0.05) is 112 Å². The third-order valence-corrected chi connectivity index (χ3v) is 15.1. The van der Waals surface area contributed by atoms with Gasteiger partial charge in [0.15, 0.2) is 18.2 Å². The molecule has 5 saturated heterocycles. The normalized spacial score (nSPS) is 21.7. The summed E-state index contributed by atoms with van der Waals surface area (Å²) in [7, 11) is 1.52. The molecule has 6 aliphatic heterocycles. The van der Waals surface area contributed by atoms with Gasteiger partial charge in [-0.05, 0) is 107 Å². The molecular formula is C48H58ClN11O6. The Morgan fingerprint density at radius 1 is 0.909 bits per heavy atom. The Morgan fingerprint density at radius 3 is 2.36 bits per heavy atom. The standard InChI is InChI=1S/C48H58ClN11O6/c1-29(2)60-38-7-4-32(20-30(38)22-40(46(60)65)66-25-42(62)50-3)52-43-37(49)23-51-47(54-43)56-17-12-33(13-18-56)57-19-14-48(26-57)27-58(28-48)34-10-15-55(16-11-34)35-5-6-36-31(21-35)24-59(45(36)64)39-8-9-41(61)53-44(39)63/h4-7,20-23,29,33-34,39H,8-19,24-28H2,1-3H3,(H,50,62)(H,51,52,54)(H,53,61,63). The Balaban J connectivity index is 0.700. The van der Waals surface area contributed by atoms with Gasteiger partial charge in [-0.2, -0.15) is 4.98 Å². The molecule has 0 aliphatic carbocycles. The minimum absolute atomic E-state index is 0.105. The SMILES string of the molecule is CNC(=O)COc1cc2cc(Nc3nc(N4CCC(N5CCC6(C5)CN(C5CCN(c7ccc8c(c7)CN(C7CCC(=O)NC7=O)C8=O)CC5)C6)CC4)ncc3Cl)ccc2n(C(C)C)c1=O. The molecule has 4 aromatic rings. The second-order valence-electron chi connectivity index (χ2n) is 19.3. The van der Waals surface area contributed by atoms with Crippen molar-refractivity contribution in [2.75, 3.05) is 81.1 Å². The lowest BCUT2D eigenvalue weighted by Gasteiger charge is -2.53. The highest BCUT2D eigenvalue weighted by atomic mass is 35.5. The summed E-state index contributed by atoms with van der Waals surface area (Å²) in [5, 5.41) is 9.45. The average molecular weight is 921 g/mol. The number of carbonyl (C=O) groups excluding carboxylic acids is 4. The molecule has 3 N–H and O–H groups in total. The molecule has 2 aromatic carbocycles. The van der Waals surface area contributed by atoms with Crippen LogP contribution in [0.3, 0.4) is 0 Å². The molecule has 8 heterocycles. The number of benzene rings is 2. The Labute approximate surface area is 388 Å². The third-order valence-electron chi connectivity index (χ3n) is 14.8. The van der Waals surface area contributed by atoms with E-state index in [0.717, 1.165) is 92.8 Å². The maximum absolute atomic E-state index is 13.3. The van der Waals surface area contributed by atoms with Crippen LogP contribution in [0, 0.1) is 5.41 Å². The fourth-order valence-electron chi connectivity index (χ4n) is 11.3. The first-order valence-corrected chi connectivity index (χ1v) is 23.8. The summed E-state index contributed by atoms with van der Waals surface area (Å²) < 4.78 is 7.30. The summed E-state index contributed by atoms with van der Waals surface area (Å²) in [6.45, 7) is 12.3. The van der Waals surface area contributed by atoms with Crippen LogP contribution in [0.1, 0.15) is 80.8 Å². The number of piperidine rings is 3. The van der Waals surface area contributed by atoms with Gasteiger partial charge in [-0.25, -0.2) is 4.98 Å². The van der Waals surface area contributed by atoms with E-state index in [-0.39, 0.29) is 54.0 Å². The Hall–Kier alpha value is -5.78. The van der Waals surface area contributed by atoms with Crippen molar-refractivity contribution in [1.29, 1.82) is 0 Å². The van der Waals surface area contributed by atoms with Gasteiger partial charge in [0.1, 0.15) is 11.1 Å². The molecule has 6 aliphatic rings. The molecule has 4 amide bonds. The summed E-state index contributed by atoms with van der Waals surface area (Å²) in [5.74, 6) is 0.135. The molecule has 10 rings (SSSR count). The molecule has 66 heavy (non-hydrogen) atoms. The molecule has 0 bridgehead atoms. The number of hydrogen-bond donors (Lipinski definition) is 3. The fraction of sp³-hybridized carbons (Fsp3) is 0.521. The molecule has 2 aromatic heterocycles. The second-order valence-corrected chi connectivity index (χ2v) is 19.7. The number of pyridine rings is 1. The van der Waals surface area contributed by atoms with Crippen LogP contribution in [0.5, 0.6) is 5.75 Å². The second kappa shape index (κ2) is 17.8. The number of fused-ring (bicyclic) bond motifs is 2. The number of hydrogen-bond acceptors (Lipinski definition) is 13. The maximum Gasteiger partial charge on any atom is 0.293 e. The van der Waals surface area contributed by atoms with E-state index in [4.69, 9.17) is 21.3 Å². The number of likely N-dealkylation sites (N-methyl/N-ethyl adjacent to an activating group) is 1. The summed E-state index contributed by atoms with van der Waals surface area (Å²) in [6, 6.07) is 13.8. The van der Waals surface area contributed by atoms with E-state index >= 15 is 0 Å². The molecule has 1 unspecified atom stereocenters. The molecule has 0 saturated carbocycles. The number of nitrogens with zero attached hydrogens (tertiary/aromatic N) is 8. The number of halogens is 1. The fourth-order valence-corrected chi connectivity index (χ4v) is 11.4. The highest BCUT2D eigenvalue weighted by Crippen LogP contribution is 2.44. The number of likely N-dealkylation sites (tertiary alicyclic amines) is 2. The zero-order valence-corrected chi connectivity index (χ0v) is 38.6. The van der Waals surface area contributed by atoms with Gasteiger partial charge < -0.3 is 34.6 Å². The van der Waals surface area contributed by atoms with E-state index in [2.05, 4.69) is 46.6 Å². The van der Waals surface area contributed by atoms with Crippen LogP contribution in [-0.4, -0.2) is 137 Å². The van der Waals surface area contributed by atoms with Crippen LogP contribution < -0.4 is 36.0 Å². The Bertz CT molecular complexity index is 2640. The predicted octanol–water partition coefficient (Wildman–Crippen LogP) is 4.30. The average Bonchev–Trinajstić information content (AvgIpc) is 3.90. The molecule has 0 radical (unpaired) electrons. The molecule has 348 valence electrons. The summed E-state index contributed by atoms with van der Waals surface area (Å²) in [4.78, 5) is 83.8. The van der Waals surface area contributed by atoms with Crippen molar-refractivity contribution < 1.29 is 23.9 Å². The number of rotatable bonds is 11. The first-order chi connectivity index (χ1) is 31.8. The van der Waals surface area contributed by atoms with Crippen molar-refractivity contribution in [3.8, 4) is 5.75 Å². The van der Waals surface area contributed by atoms with Crippen LogP contribution in [0.15, 0.2) is 53.5 Å². The summed E-state index contributed by atoms with van der Waals surface area (Å²) in [5.41, 5.74) is 4.31. The first kappa shape index (κ1) is 44.1. The van der Waals surface area contributed by atoms with Crippen molar-refractivity contribution in [2.45, 2.75) is 89.5 Å². The highest BCUT2D eigenvalue weighted by molar-refractivity contribution is 6.33. The smallest absolute Gasteiger partial charge is 0.293 e. The van der Waals surface area contributed by atoms with Gasteiger partial charge in [-0.1, -0.05) is 11.6 Å². The molecular weight excluding hydrogens is 862 g/mol. The molecule has 17 nitrogen and oxygen atoms in total. The van der Waals surface area contributed by atoms with E-state index in [1.54, 1.807) is 21.7 Å². The van der Waals surface area contributed by atoms with Crippen molar-refractivity contribution in [1.82, 2.24) is 39.9 Å². The lowest BCUT2D eigenvalue weighted by molar-refractivity contribution is -0.137. The van der Waals surface area contributed by atoms with E-state index in [9.17, 15) is 24.0 Å². The van der Waals surface area contributed by atoms with Gasteiger partial charge in [-0.3, -0.25) is 39.1 Å². The van der Waals surface area contributed by atoms with Crippen molar-refractivity contribution >= 4 is 69.3 Å². The van der Waals surface area contributed by atoms with Crippen molar-refractivity contribution in [3.63, 3.8) is 0 Å². The number of anilines is 4. The monoisotopic (exact) mass is 919 g/mol. The minimum Gasteiger partial charge on any atom is -0.478 e. The highest BCUT2D eigenvalue weighted by Gasteiger charge is 2.51. The lowest BCUT2D eigenvalue weighted by Crippen LogP contribution is -2.62. The summed E-state index contributed by atoms with van der Waals surface area (Å²) >= 11 is 6.65. The number of carbonyl (C=O) groups is 4. The van der Waals surface area contributed by atoms with Crippen LogP contribution in [-0.2, 0) is 20.9 Å². The number of amides is 4. The molecule has 5 fully saturated rings. The number of nitrogens with one attached hydrogen (secondary N) is 3. The first-order valence-electron chi connectivity index (χ1n) is 23.4. The Kier molecular flexibility index (Phi) is 11.9. The quantitative estimate of drug-likeness (QED) is 0.182. The van der Waals surface area contributed by atoms with Gasteiger partial charge in [-0.15, -0.1) is 0 Å². The van der Waals surface area contributed by atoms with E-state index in [1.165, 1.54) is 26.6 Å². The van der Waals surface area contributed by atoms with Crippen LogP contribution in [0.4, 0.5) is 23.1 Å². The molecule has 1 spiro atoms.